The first-order chi connectivity index (χ1) is 12.5. The fourth-order valence-corrected chi connectivity index (χ4v) is 8.93. The summed E-state index contributed by atoms with van der Waals surface area (Å²) >= 11 is 1.25. The first kappa shape index (κ1) is 17.2. The summed E-state index contributed by atoms with van der Waals surface area (Å²) in [6.07, 6.45) is 8.14. The first-order valence-electron chi connectivity index (χ1n) is 9.91. The van der Waals surface area contributed by atoms with Gasteiger partial charge in [0, 0.05) is 19.1 Å². The second-order valence-electron chi connectivity index (χ2n) is 8.66. The van der Waals surface area contributed by atoms with Gasteiger partial charge >= 0.3 is 0 Å². The van der Waals surface area contributed by atoms with E-state index in [-0.39, 0.29) is 16.8 Å². The molecule has 7 heteroatoms. The third kappa shape index (κ3) is 2.74. The topological polar surface area (TPSA) is 66.5 Å². The maximum atomic E-state index is 13.0. The summed E-state index contributed by atoms with van der Waals surface area (Å²) in [6, 6.07) is 1.84. The molecule has 2 heterocycles. The van der Waals surface area contributed by atoms with Gasteiger partial charge in [0.1, 0.15) is 9.77 Å². The van der Waals surface area contributed by atoms with Crippen LogP contribution in [-0.2, 0) is 10.0 Å². The Morgan fingerprint density at radius 1 is 1.04 bits per heavy atom. The predicted octanol–water partition coefficient (Wildman–Crippen LogP) is 3.09. The minimum absolute atomic E-state index is 0.185. The molecule has 1 aromatic heterocycles. The molecule has 1 aliphatic heterocycles. The highest BCUT2D eigenvalue weighted by Gasteiger charge is 2.49. The van der Waals surface area contributed by atoms with E-state index in [2.05, 4.69) is 5.32 Å². The Hall–Kier alpha value is -0.920. The molecule has 0 radical (unpaired) electrons. The molecule has 26 heavy (non-hydrogen) atoms. The van der Waals surface area contributed by atoms with Crippen LogP contribution in [0.2, 0.25) is 0 Å². The maximum absolute atomic E-state index is 13.0. The molecule has 1 amide bonds. The number of hydrogen-bond donors (Lipinski definition) is 1. The third-order valence-corrected chi connectivity index (χ3v) is 10.0. The standard InChI is InChI=1S/C19H26N2O3S2/c22-19(20-17-14-8-12-7-13(10-14)11-15(17)9-12)18-16(3-6-25-18)26(23,24)21-4-1-2-5-21/h3,6,12-15,17H,1-2,4-5,7-11H2,(H,20,22). The van der Waals surface area contributed by atoms with Gasteiger partial charge in [0.05, 0.1) is 0 Å². The lowest BCUT2D eigenvalue weighted by molar-refractivity contribution is -0.0119. The fraction of sp³-hybridized carbons (Fsp3) is 0.737. The van der Waals surface area contributed by atoms with Crippen molar-refractivity contribution in [1.29, 1.82) is 0 Å². The van der Waals surface area contributed by atoms with Crippen LogP contribution in [0.25, 0.3) is 0 Å². The molecule has 4 bridgehead atoms. The van der Waals surface area contributed by atoms with Crippen molar-refractivity contribution in [3.8, 4) is 0 Å². The van der Waals surface area contributed by atoms with Crippen molar-refractivity contribution in [1.82, 2.24) is 9.62 Å². The Balaban J connectivity index is 1.36. The molecule has 5 nitrogen and oxygen atoms in total. The highest BCUT2D eigenvalue weighted by atomic mass is 32.2. The van der Waals surface area contributed by atoms with Gasteiger partial charge in [0.15, 0.2) is 0 Å². The average molecular weight is 395 g/mol. The van der Waals surface area contributed by atoms with Crippen LogP contribution in [0.4, 0.5) is 0 Å². The molecule has 5 fully saturated rings. The molecule has 0 atom stereocenters. The Morgan fingerprint density at radius 3 is 2.27 bits per heavy atom. The van der Waals surface area contributed by atoms with Crippen molar-refractivity contribution in [2.75, 3.05) is 13.1 Å². The molecule has 6 rings (SSSR count). The van der Waals surface area contributed by atoms with E-state index in [9.17, 15) is 13.2 Å². The van der Waals surface area contributed by atoms with E-state index in [1.54, 1.807) is 11.4 Å². The van der Waals surface area contributed by atoms with Gasteiger partial charge < -0.3 is 5.32 Å². The number of sulfonamides is 1. The summed E-state index contributed by atoms with van der Waals surface area (Å²) in [7, 11) is -3.55. The SMILES string of the molecule is O=C(NC1C2CC3CC(C2)CC1C3)c1sccc1S(=O)(=O)N1CCCC1. The zero-order chi connectivity index (χ0) is 17.9. The monoisotopic (exact) mass is 394 g/mol. The molecule has 4 saturated carbocycles. The maximum Gasteiger partial charge on any atom is 0.262 e. The van der Waals surface area contributed by atoms with Gasteiger partial charge in [-0.25, -0.2) is 8.42 Å². The van der Waals surface area contributed by atoms with Crippen LogP contribution in [0.5, 0.6) is 0 Å². The van der Waals surface area contributed by atoms with Crippen LogP contribution in [0.3, 0.4) is 0 Å². The highest BCUT2D eigenvalue weighted by molar-refractivity contribution is 7.89. The Labute approximate surface area is 159 Å². The van der Waals surface area contributed by atoms with Crippen LogP contribution in [0.1, 0.15) is 54.6 Å². The van der Waals surface area contributed by atoms with Gasteiger partial charge in [-0.2, -0.15) is 4.31 Å². The quantitative estimate of drug-likeness (QED) is 0.853. The van der Waals surface area contributed by atoms with Gasteiger partial charge in [-0.15, -0.1) is 11.3 Å². The zero-order valence-corrected chi connectivity index (χ0v) is 16.5. The van der Waals surface area contributed by atoms with Gasteiger partial charge in [0.2, 0.25) is 10.0 Å². The molecule has 0 aromatic carbocycles. The number of thiophene rings is 1. The molecule has 0 unspecified atom stereocenters. The smallest absolute Gasteiger partial charge is 0.262 e. The Morgan fingerprint density at radius 2 is 1.65 bits per heavy atom. The Bertz CT molecular complexity index is 783. The van der Waals surface area contributed by atoms with E-state index < -0.39 is 10.0 Å². The summed E-state index contributed by atoms with van der Waals surface area (Å²) in [5.41, 5.74) is 0. The van der Waals surface area contributed by atoms with Crippen molar-refractivity contribution in [2.24, 2.45) is 23.7 Å². The normalized spacial score (nSPS) is 36.5. The predicted molar refractivity (Wildman–Crippen MR) is 101 cm³/mol. The molecular formula is C19H26N2O3S2. The van der Waals surface area contributed by atoms with Crippen molar-refractivity contribution in [3.05, 3.63) is 16.3 Å². The number of carbonyl (C=O) groups excluding carboxylic acids is 1. The van der Waals surface area contributed by atoms with E-state index in [1.807, 2.05) is 0 Å². The number of hydrogen-bond acceptors (Lipinski definition) is 4. The van der Waals surface area contributed by atoms with E-state index in [0.29, 0.717) is 29.8 Å². The molecule has 4 aliphatic carbocycles. The average Bonchev–Trinajstić information content (AvgIpc) is 3.29. The molecule has 1 N–H and O–H groups in total. The van der Waals surface area contributed by atoms with Crippen molar-refractivity contribution in [3.63, 3.8) is 0 Å². The van der Waals surface area contributed by atoms with Gasteiger partial charge in [-0.1, -0.05) is 0 Å². The number of nitrogens with zero attached hydrogens (tertiary/aromatic N) is 1. The number of amides is 1. The van der Waals surface area contributed by atoms with Crippen molar-refractivity contribution in [2.45, 2.75) is 55.9 Å². The fourth-order valence-electron chi connectivity index (χ4n) is 6.11. The summed E-state index contributed by atoms with van der Waals surface area (Å²) in [6.45, 7) is 1.13. The number of rotatable bonds is 4. The first-order valence-corrected chi connectivity index (χ1v) is 12.2. The summed E-state index contributed by atoms with van der Waals surface area (Å²) in [4.78, 5) is 13.6. The molecule has 5 aliphatic rings. The summed E-state index contributed by atoms with van der Waals surface area (Å²) in [5, 5.41) is 4.99. The number of carbonyl (C=O) groups is 1. The van der Waals surface area contributed by atoms with E-state index in [1.165, 1.54) is 47.7 Å². The lowest BCUT2D eigenvalue weighted by Gasteiger charge is -2.54. The van der Waals surface area contributed by atoms with Gasteiger partial charge in [-0.05, 0) is 80.1 Å². The van der Waals surface area contributed by atoms with Crippen molar-refractivity contribution < 1.29 is 13.2 Å². The largest absolute Gasteiger partial charge is 0.348 e. The molecular weight excluding hydrogens is 368 g/mol. The minimum Gasteiger partial charge on any atom is -0.348 e. The lowest BCUT2D eigenvalue weighted by Crippen LogP contribution is -2.55. The Kier molecular flexibility index (Phi) is 4.17. The molecule has 1 saturated heterocycles. The van der Waals surface area contributed by atoms with E-state index >= 15 is 0 Å². The van der Waals surface area contributed by atoms with E-state index in [4.69, 9.17) is 0 Å². The van der Waals surface area contributed by atoms with Crippen molar-refractivity contribution >= 4 is 27.3 Å². The second-order valence-corrected chi connectivity index (χ2v) is 11.5. The summed E-state index contributed by atoms with van der Waals surface area (Å²) in [5.74, 6) is 2.72. The van der Waals surface area contributed by atoms with E-state index in [0.717, 1.165) is 24.7 Å². The highest BCUT2D eigenvalue weighted by Crippen LogP contribution is 2.53. The van der Waals surface area contributed by atoms with Gasteiger partial charge in [-0.3, -0.25) is 4.79 Å². The van der Waals surface area contributed by atoms with Crippen LogP contribution in [0.15, 0.2) is 16.3 Å². The third-order valence-electron chi connectivity index (χ3n) is 7.04. The molecule has 142 valence electrons. The zero-order valence-electron chi connectivity index (χ0n) is 14.9. The minimum atomic E-state index is -3.55. The van der Waals surface area contributed by atoms with Crippen LogP contribution >= 0.6 is 11.3 Å². The second kappa shape index (κ2) is 6.31. The van der Waals surface area contributed by atoms with Gasteiger partial charge in [0.25, 0.3) is 5.91 Å². The van der Waals surface area contributed by atoms with Crippen LogP contribution in [-0.4, -0.2) is 37.8 Å². The summed E-state index contributed by atoms with van der Waals surface area (Å²) < 4.78 is 27.3. The molecule has 0 spiro atoms. The molecule has 1 aromatic rings. The van der Waals surface area contributed by atoms with Crippen LogP contribution in [0, 0.1) is 23.7 Å². The number of nitrogens with one attached hydrogen (secondary N) is 1. The van der Waals surface area contributed by atoms with Crippen LogP contribution < -0.4 is 5.32 Å². The lowest BCUT2D eigenvalue weighted by atomic mass is 9.54.